The minimum Gasteiger partial charge on any atom is -0.497 e. The number of unbranched alkanes of at least 4 members (excludes halogenated alkanes) is 3. The average molecular weight is 323 g/mol. The third-order valence-corrected chi connectivity index (χ3v) is 3.32. The van der Waals surface area contributed by atoms with Gasteiger partial charge in [0.2, 0.25) is 0 Å². The molecule has 128 valence electrons. The second-order valence-electron chi connectivity index (χ2n) is 5.05. The molecule has 0 aliphatic heterocycles. The summed E-state index contributed by atoms with van der Waals surface area (Å²) >= 11 is 0. The summed E-state index contributed by atoms with van der Waals surface area (Å²) in [4.78, 5) is 23.6. The van der Waals surface area contributed by atoms with Crippen molar-refractivity contribution in [2.24, 2.45) is 0 Å². The van der Waals surface area contributed by atoms with Gasteiger partial charge in [0.1, 0.15) is 17.1 Å². The first-order valence-corrected chi connectivity index (χ1v) is 7.78. The van der Waals surface area contributed by atoms with Crippen molar-refractivity contribution in [3.63, 3.8) is 0 Å². The summed E-state index contributed by atoms with van der Waals surface area (Å²) in [6.45, 7) is 2.43. The molecule has 0 saturated carbocycles. The summed E-state index contributed by atoms with van der Waals surface area (Å²) in [6, 6.07) is 4.76. The fourth-order valence-electron chi connectivity index (χ4n) is 2.01. The van der Waals surface area contributed by atoms with E-state index < -0.39 is 5.97 Å². The predicted octanol–water partition coefficient (Wildman–Crippen LogP) is 2.56. The third-order valence-electron chi connectivity index (χ3n) is 3.32. The van der Waals surface area contributed by atoms with E-state index in [1.807, 2.05) is 0 Å². The summed E-state index contributed by atoms with van der Waals surface area (Å²) in [5.41, 5.74) is 0.254. The van der Waals surface area contributed by atoms with Gasteiger partial charge in [-0.1, -0.05) is 26.2 Å². The molecule has 1 aromatic carbocycles. The highest BCUT2D eigenvalue weighted by atomic mass is 16.5. The molecular formula is C17H25NO5. The number of ether oxygens (including phenoxy) is 3. The van der Waals surface area contributed by atoms with Crippen LogP contribution < -0.4 is 14.8 Å². The predicted molar refractivity (Wildman–Crippen MR) is 87.0 cm³/mol. The van der Waals surface area contributed by atoms with E-state index in [2.05, 4.69) is 12.2 Å². The molecule has 0 spiro atoms. The molecule has 1 aromatic rings. The Bertz CT molecular complexity index is 516. The van der Waals surface area contributed by atoms with Crippen molar-refractivity contribution in [3.8, 4) is 11.5 Å². The SMILES string of the molecule is CCCCCCNC(=O)COC(=O)c1ccc(OC)cc1OC. The summed E-state index contributed by atoms with van der Waals surface area (Å²) in [5, 5.41) is 2.73. The van der Waals surface area contributed by atoms with Crippen molar-refractivity contribution < 1.29 is 23.8 Å². The highest BCUT2D eigenvalue weighted by molar-refractivity contribution is 5.94. The van der Waals surface area contributed by atoms with Gasteiger partial charge in [0.15, 0.2) is 6.61 Å². The minimum atomic E-state index is -0.606. The third kappa shape index (κ3) is 6.59. The van der Waals surface area contributed by atoms with Crippen molar-refractivity contribution >= 4 is 11.9 Å². The monoisotopic (exact) mass is 323 g/mol. The zero-order valence-corrected chi connectivity index (χ0v) is 14.0. The molecule has 1 rings (SSSR count). The maximum atomic E-state index is 12.0. The van der Waals surface area contributed by atoms with Gasteiger partial charge in [0.05, 0.1) is 14.2 Å². The van der Waals surface area contributed by atoms with Crippen LogP contribution in [0, 0.1) is 0 Å². The normalized spacial score (nSPS) is 10.0. The van der Waals surface area contributed by atoms with Crippen LogP contribution in [0.2, 0.25) is 0 Å². The lowest BCUT2D eigenvalue weighted by molar-refractivity contribution is -0.124. The van der Waals surface area contributed by atoms with Crippen LogP contribution in [-0.2, 0) is 9.53 Å². The Labute approximate surface area is 137 Å². The molecule has 1 N–H and O–H groups in total. The van der Waals surface area contributed by atoms with Gasteiger partial charge in [0.25, 0.3) is 5.91 Å². The quantitative estimate of drug-likeness (QED) is 0.529. The van der Waals surface area contributed by atoms with Gasteiger partial charge in [-0.15, -0.1) is 0 Å². The van der Waals surface area contributed by atoms with Gasteiger partial charge in [-0.25, -0.2) is 4.79 Å². The molecule has 0 saturated heterocycles. The number of carbonyl (C=O) groups excluding carboxylic acids is 2. The van der Waals surface area contributed by atoms with Crippen LogP contribution >= 0.6 is 0 Å². The number of amides is 1. The van der Waals surface area contributed by atoms with Crippen LogP contribution in [0.15, 0.2) is 18.2 Å². The molecule has 0 aliphatic carbocycles. The second-order valence-corrected chi connectivity index (χ2v) is 5.05. The number of benzene rings is 1. The van der Waals surface area contributed by atoms with Gasteiger partial charge >= 0.3 is 5.97 Å². The fourth-order valence-corrected chi connectivity index (χ4v) is 2.01. The molecule has 0 atom stereocenters. The summed E-state index contributed by atoms with van der Waals surface area (Å²) in [5.74, 6) is 0.00510. The van der Waals surface area contributed by atoms with Crippen LogP contribution in [0.4, 0.5) is 0 Å². The lowest BCUT2D eigenvalue weighted by Gasteiger charge is -2.10. The van der Waals surface area contributed by atoms with Gasteiger partial charge in [-0.3, -0.25) is 4.79 Å². The van der Waals surface area contributed by atoms with Gasteiger partial charge in [0, 0.05) is 12.6 Å². The summed E-state index contributed by atoms with van der Waals surface area (Å²) in [6.07, 6.45) is 4.32. The van der Waals surface area contributed by atoms with E-state index in [-0.39, 0.29) is 18.1 Å². The van der Waals surface area contributed by atoms with Crippen molar-refractivity contribution in [3.05, 3.63) is 23.8 Å². The molecule has 6 nitrogen and oxygen atoms in total. The Kier molecular flexibility index (Phi) is 8.57. The smallest absolute Gasteiger partial charge is 0.342 e. The van der Waals surface area contributed by atoms with Gasteiger partial charge in [-0.05, 0) is 18.6 Å². The number of nitrogens with one attached hydrogen (secondary N) is 1. The maximum Gasteiger partial charge on any atom is 0.342 e. The molecule has 1 amide bonds. The topological polar surface area (TPSA) is 73.9 Å². The number of esters is 1. The lowest BCUT2D eigenvalue weighted by Crippen LogP contribution is -2.29. The molecule has 0 bridgehead atoms. The first-order chi connectivity index (χ1) is 11.1. The van der Waals surface area contributed by atoms with E-state index in [1.165, 1.54) is 14.2 Å². The standard InChI is InChI=1S/C17H25NO5/c1-4-5-6-7-10-18-16(19)12-23-17(20)14-9-8-13(21-2)11-15(14)22-3/h8-9,11H,4-7,10,12H2,1-3H3,(H,18,19). The van der Waals surface area contributed by atoms with E-state index in [0.717, 1.165) is 25.7 Å². The number of hydrogen-bond donors (Lipinski definition) is 1. The maximum absolute atomic E-state index is 12.0. The number of hydrogen-bond acceptors (Lipinski definition) is 5. The molecule has 0 aromatic heterocycles. The summed E-state index contributed by atoms with van der Waals surface area (Å²) in [7, 11) is 2.98. The van der Waals surface area contributed by atoms with Crippen molar-refractivity contribution in [1.82, 2.24) is 5.32 Å². The van der Waals surface area contributed by atoms with E-state index in [4.69, 9.17) is 14.2 Å². The molecule has 0 heterocycles. The zero-order valence-electron chi connectivity index (χ0n) is 14.0. The number of carbonyl (C=O) groups is 2. The largest absolute Gasteiger partial charge is 0.497 e. The molecular weight excluding hydrogens is 298 g/mol. The molecule has 0 radical (unpaired) electrons. The van der Waals surface area contributed by atoms with E-state index in [0.29, 0.717) is 18.0 Å². The molecule has 0 fully saturated rings. The van der Waals surface area contributed by atoms with Crippen LogP contribution in [0.25, 0.3) is 0 Å². The fraction of sp³-hybridized carbons (Fsp3) is 0.529. The molecule has 0 unspecified atom stereocenters. The van der Waals surface area contributed by atoms with Crippen molar-refractivity contribution in [1.29, 1.82) is 0 Å². The second kappa shape index (κ2) is 10.5. The van der Waals surface area contributed by atoms with E-state index >= 15 is 0 Å². The van der Waals surface area contributed by atoms with Gasteiger partial charge < -0.3 is 19.5 Å². The Balaban J connectivity index is 2.43. The van der Waals surface area contributed by atoms with Crippen LogP contribution in [0.1, 0.15) is 43.0 Å². The number of rotatable bonds is 10. The van der Waals surface area contributed by atoms with Crippen molar-refractivity contribution in [2.75, 3.05) is 27.4 Å². The minimum absolute atomic E-state index is 0.254. The van der Waals surface area contributed by atoms with Crippen molar-refractivity contribution in [2.45, 2.75) is 32.6 Å². The lowest BCUT2D eigenvalue weighted by atomic mass is 10.2. The van der Waals surface area contributed by atoms with Crippen LogP contribution in [0.3, 0.4) is 0 Å². The first-order valence-electron chi connectivity index (χ1n) is 7.78. The molecule has 6 heteroatoms. The summed E-state index contributed by atoms with van der Waals surface area (Å²) < 4.78 is 15.2. The number of methoxy groups -OCH3 is 2. The van der Waals surface area contributed by atoms with E-state index in [1.54, 1.807) is 18.2 Å². The highest BCUT2D eigenvalue weighted by Gasteiger charge is 2.16. The Hall–Kier alpha value is -2.24. The Morgan fingerprint density at radius 3 is 2.52 bits per heavy atom. The Morgan fingerprint density at radius 1 is 1.09 bits per heavy atom. The van der Waals surface area contributed by atoms with Crippen LogP contribution in [0.5, 0.6) is 11.5 Å². The van der Waals surface area contributed by atoms with E-state index in [9.17, 15) is 9.59 Å². The zero-order chi connectivity index (χ0) is 17.1. The van der Waals surface area contributed by atoms with Gasteiger partial charge in [-0.2, -0.15) is 0 Å². The van der Waals surface area contributed by atoms with Crippen LogP contribution in [-0.4, -0.2) is 39.2 Å². The highest BCUT2D eigenvalue weighted by Crippen LogP contribution is 2.25. The average Bonchev–Trinajstić information content (AvgIpc) is 2.58. The Morgan fingerprint density at radius 2 is 1.87 bits per heavy atom. The molecule has 23 heavy (non-hydrogen) atoms. The molecule has 0 aliphatic rings. The first kappa shape index (κ1) is 18.8.